The van der Waals surface area contributed by atoms with E-state index in [0.717, 1.165) is 5.56 Å². The van der Waals surface area contributed by atoms with E-state index < -0.39 is 0 Å². The molecule has 6 heteroatoms. The molecular formula is C16H14N4O2. The molecular weight excluding hydrogens is 280 g/mol. The zero-order chi connectivity index (χ0) is 15.4. The molecule has 0 saturated heterocycles. The monoisotopic (exact) mass is 294 g/mol. The molecule has 0 atom stereocenters. The van der Waals surface area contributed by atoms with Gasteiger partial charge in [-0.2, -0.15) is 5.10 Å². The first kappa shape index (κ1) is 13.9. The van der Waals surface area contributed by atoms with Crippen LogP contribution in [0.4, 0.5) is 0 Å². The first-order chi connectivity index (χ1) is 10.7. The number of hydrogen-bond donors (Lipinski definition) is 1. The predicted molar refractivity (Wildman–Crippen MR) is 80.4 cm³/mol. The second-order valence-electron chi connectivity index (χ2n) is 4.71. The van der Waals surface area contributed by atoms with Gasteiger partial charge >= 0.3 is 0 Å². The van der Waals surface area contributed by atoms with Crippen molar-refractivity contribution in [1.29, 1.82) is 0 Å². The van der Waals surface area contributed by atoms with Gasteiger partial charge in [-0.15, -0.1) is 0 Å². The summed E-state index contributed by atoms with van der Waals surface area (Å²) in [6.07, 6.45) is 3.39. The third kappa shape index (κ3) is 3.17. The van der Waals surface area contributed by atoms with E-state index in [-0.39, 0.29) is 12.4 Å². The standard InChI is InChI=1S/C16H14N4O2/c1-11(21)12-2-4-14(5-3-12)22-10-15-18-16(20-19-15)13-6-8-17-9-7-13/h2-9H,10H2,1H3,(H,18,19,20). The van der Waals surface area contributed by atoms with Crippen LogP contribution in [0.5, 0.6) is 5.75 Å². The van der Waals surface area contributed by atoms with Crippen LogP contribution in [-0.4, -0.2) is 25.9 Å². The van der Waals surface area contributed by atoms with Gasteiger partial charge in [0.1, 0.15) is 12.4 Å². The van der Waals surface area contributed by atoms with Crippen LogP contribution >= 0.6 is 0 Å². The van der Waals surface area contributed by atoms with Crippen molar-refractivity contribution < 1.29 is 9.53 Å². The molecule has 3 rings (SSSR count). The van der Waals surface area contributed by atoms with Crippen molar-refractivity contribution in [3.63, 3.8) is 0 Å². The molecule has 0 unspecified atom stereocenters. The molecule has 0 aliphatic heterocycles. The second-order valence-corrected chi connectivity index (χ2v) is 4.71. The summed E-state index contributed by atoms with van der Waals surface area (Å²) >= 11 is 0. The molecule has 0 aliphatic rings. The largest absolute Gasteiger partial charge is 0.486 e. The van der Waals surface area contributed by atoms with Crippen LogP contribution in [-0.2, 0) is 6.61 Å². The van der Waals surface area contributed by atoms with Crippen molar-refractivity contribution in [3.05, 3.63) is 60.2 Å². The Bertz CT molecular complexity index is 766. The van der Waals surface area contributed by atoms with Crippen LogP contribution in [0.2, 0.25) is 0 Å². The molecule has 22 heavy (non-hydrogen) atoms. The average Bonchev–Trinajstić information content (AvgIpc) is 3.03. The summed E-state index contributed by atoms with van der Waals surface area (Å²) in [5.74, 6) is 1.94. The highest BCUT2D eigenvalue weighted by atomic mass is 16.5. The Hall–Kier alpha value is -3.02. The lowest BCUT2D eigenvalue weighted by atomic mass is 10.1. The second kappa shape index (κ2) is 6.17. The minimum absolute atomic E-state index is 0.0313. The molecule has 110 valence electrons. The van der Waals surface area contributed by atoms with E-state index in [9.17, 15) is 4.79 Å². The Morgan fingerprint density at radius 3 is 2.55 bits per heavy atom. The van der Waals surface area contributed by atoms with Crippen LogP contribution in [0.1, 0.15) is 23.1 Å². The number of nitrogens with zero attached hydrogens (tertiary/aromatic N) is 3. The zero-order valence-electron chi connectivity index (χ0n) is 12.0. The van der Waals surface area contributed by atoms with Gasteiger partial charge in [0.15, 0.2) is 17.4 Å². The first-order valence-electron chi connectivity index (χ1n) is 6.78. The van der Waals surface area contributed by atoms with Crippen LogP contribution in [0.15, 0.2) is 48.8 Å². The van der Waals surface area contributed by atoms with Crippen LogP contribution < -0.4 is 4.74 Å². The van der Waals surface area contributed by atoms with Crippen molar-refractivity contribution in [1.82, 2.24) is 20.2 Å². The molecule has 0 radical (unpaired) electrons. The molecule has 6 nitrogen and oxygen atoms in total. The van der Waals surface area contributed by atoms with Gasteiger partial charge in [0, 0.05) is 23.5 Å². The van der Waals surface area contributed by atoms with E-state index in [0.29, 0.717) is 23.0 Å². The number of Topliss-reactive ketones (excluding diaryl/α,β-unsaturated/α-hetero) is 1. The molecule has 0 spiro atoms. The zero-order valence-corrected chi connectivity index (χ0v) is 12.0. The number of aromatic nitrogens is 4. The molecule has 1 aromatic carbocycles. The molecule has 0 saturated carbocycles. The number of carbonyl (C=O) groups excluding carboxylic acids is 1. The Morgan fingerprint density at radius 2 is 1.86 bits per heavy atom. The topological polar surface area (TPSA) is 80.8 Å². The molecule has 0 aliphatic carbocycles. The summed E-state index contributed by atoms with van der Waals surface area (Å²) < 4.78 is 5.62. The normalized spacial score (nSPS) is 10.4. The number of aromatic amines is 1. The number of carbonyl (C=O) groups is 1. The van der Waals surface area contributed by atoms with Crippen molar-refractivity contribution in [2.24, 2.45) is 0 Å². The van der Waals surface area contributed by atoms with Gasteiger partial charge in [-0.1, -0.05) is 0 Å². The Kier molecular flexibility index (Phi) is 3.91. The number of rotatable bonds is 5. The van der Waals surface area contributed by atoms with E-state index in [1.807, 2.05) is 12.1 Å². The molecule has 2 aromatic heterocycles. The SMILES string of the molecule is CC(=O)c1ccc(OCc2nc(-c3ccncc3)n[nH]2)cc1. The summed E-state index contributed by atoms with van der Waals surface area (Å²) in [4.78, 5) is 19.5. The summed E-state index contributed by atoms with van der Waals surface area (Å²) in [6.45, 7) is 1.81. The molecule has 0 amide bonds. The smallest absolute Gasteiger partial charge is 0.181 e. The van der Waals surface area contributed by atoms with Crippen molar-refractivity contribution in [2.45, 2.75) is 13.5 Å². The molecule has 1 N–H and O–H groups in total. The van der Waals surface area contributed by atoms with E-state index >= 15 is 0 Å². The highest BCUT2D eigenvalue weighted by Gasteiger charge is 2.06. The summed E-state index contributed by atoms with van der Waals surface area (Å²) in [6, 6.07) is 10.7. The Morgan fingerprint density at radius 1 is 1.14 bits per heavy atom. The van der Waals surface area contributed by atoms with Crippen LogP contribution in [0.3, 0.4) is 0 Å². The minimum atomic E-state index is 0.0313. The average molecular weight is 294 g/mol. The van der Waals surface area contributed by atoms with Gasteiger partial charge in [-0.3, -0.25) is 14.9 Å². The highest BCUT2D eigenvalue weighted by Crippen LogP contribution is 2.15. The van der Waals surface area contributed by atoms with Gasteiger partial charge in [0.2, 0.25) is 0 Å². The molecule has 3 aromatic rings. The van der Waals surface area contributed by atoms with Gasteiger partial charge in [-0.05, 0) is 43.3 Å². The fourth-order valence-electron chi connectivity index (χ4n) is 1.93. The summed E-state index contributed by atoms with van der Waals surface area (Å²) in [5.41, 5.74) is 1.55. The maximum absolute atomic E-state index is 11.2. The number of ether oxygens (including phenoxy) is 1. The maximum atomic E-state index is 11.2. The lowest BCUT2D eigenvalue weighted by Crippen LogP contribution is -1.98. The van der Waals surface area contributed by atoms with E-state index in [4.69, 9.17) is 4.74 Å². The number of hydrogen-bond acceptors (Lipinski definition) is 5. The van der Waals surface area contributed by atoms with Gasteiger partial charge in [0.05, 0.1) is 0 Å². The quantitative estimate of drug-likeness (QED) is 0.732. The predicted octanol–water partition coefficient (Wildman–Crippen LogP) is 2.65. The molecule has 0 fully saturated rings. The Labute approximate surface area is 127 Å². The van der Waals surface area contributed by atoms with Gasteiger partial charge < -0.3 is 4.74 Å². The lowest BCUT2D eigenvalue weighted by Gasteiger charge is -2.04. The summed E-state index contributed by atoms with van der Waals surface area (Å²) in [5, 5.41) is 6.99. The van der Waals surface area contributed by atoms with Crippen LogP contribution in [0, 0.1) is 0 Å². The van der Waals surface area contributed by atoms with Gasteiger partial charge in [0.25, 0.3) is 0 Å². The third-order valence-electron chi connectivity index (χ3n) is 3.11. The molecule has 0 bridgehead atoms. The number of ketones is 1. The van der Waals surface area contributed by atoms with E-state index in [1.165, 1.54) is 6.92 Å². The lowest BCUT2D eigenvalue weighted by molar-refractivity contribution is 0.101. The number of pyridine rings is 1. The first-order valence-corrected chi connectivity index (χ1v) is 6.78. The van der Waals surface area contributed by atoms with Gasteiger partial charge in [-0.25, -0.2) is 4.98 Å². The van der Waals surface area contributed by atoms with Crippen molar-refractivity contribution in [3.8, 4) is 17.1 Å². The van der Waals surface area contributed by atoms with E-state index in [1.54, 1.807) is 36.7 Å². The van der Waals surface area contributed by atoms with Crippen molar-refractivity contribution >= 4 is 5.78 Å². The van der Waals surface area contributed by atoms with Crippen molar-refractivity contribution in [2.75, 3.05) is 0 Å². The molecule has 2 heterocycles. The number of H-pyrrole nitrogens is 1. The minimum Gasteiger partial charge on any atom is -0.486 e. The fourth-order valence-corrected chi connectivity index (χ4v) is 1.93. The number of benzene rings is 1. The highest BCUT2D eigenvalue weighted by molar-refractivity contribution is 5.94. The van der Waals surface area contributed by atoms with E-state index in [2.05, 4.69) is 20.2 Å². The fraction of sp³-hybridized carbons (Fsp3) is 0.125. The Balaban J connectivity index is 1.65. The maximum Gasteiger partial charge on any atom is 0.181 e. The third-order valence-corrected chi connectivity index (χ3v) is 3.11. The summed E-state index contributed by atoms with van der Waals surface area (Å²) in [7, 11) is 0. The number of nitrogens with one attached hydrogen (secondary N) is 1. The van der Waals surface area contributed by atoms with Crippen LogP contribution in [0.25, 0.3) is 11.4 Å².